The first kappa shape index (κ1) is 19.4. The van der Waals surface area contributed by atoms with Crippen LogP contribution in [0, 0.1) is 18.8 Å². The van der Waals surface area contributed by atoms with Crippen LogP contribution in [0.15, 0.2) is 24.3 Å². The van der Waals surface area contributed by atoms with Crippen molar-refractivity contribution in [1.82, 2.24) is 10.6 Å². The number of sulfone groups is 1. The zero-order chi connectivity index (χ0) is 18.6. The van der Waals surface area contributed by atoms with Crippen molar-refractivity contribution in [3.05, 3.63) is 35.4 Å². The zero-order valence-corrected chi connectivity index (χ0v) is 15.7. The van der Waals surface area contributed by atoms with Crippen molar-refractivity contribution in [2.75, 3.05) is 18.1 Å². The maximum absolute atomic E-state index is 12.4. The molecule has 0 spiro atoms. The van der Waals surface area contributed by atoms with Gasteiger partial charge in [0.25, 0.3) is 5.91 Å². The van der Waals surface area contributed by atoms with E-state index in [1.54, 1.807) is 12.1 Å². The second kappa shape index (κ2) is 7.99. The molecule has 1 aromatic rings. The monoisotopic (exact) mass is 366 g/mol. The van der Waals surface area contributed by atoms with Gasteiger partial charge >= 0.3 is 0 Å². The molecule has 25 heavy (non-hydrogen) atoms. The van der Waals surface area contributed by atoms with E-state index >= 15 is 0 Å². The lowest BCUT2D eigenvalue weighted by molar-refractivity contribution is -0.124. The Morgan fingerprint density at radius 2 is 1.84 bits per heavy atom. The van der Waals surface area contributed by atoms with Crippen LogP contribution < -0.4 is 10.6 Å². The van der Waals surface area contributed by atoms with Crippen LogP contribution in [0.2, 0.25) is 0 Å². The SMILES string of the molecule is Cc1ccc(C(=O)NC(C(=O)NCC2CCS(=O)(=O)C2)C(C)C)cc1. The average Bonchev–Trinajstić information content (AvgIpc) is 2.89. The van der Waals surface area contributed by atoms with E-state index in [0.717, 1.165) is 5.56 Å². The summed E-state index contributed by atoms with van der Waals surface area (Å²) in [6.45, 7) is 5.98. The Kier molecular flexibility index (Phi) is 6.21. The summed E-state index contributed by atoms with van der Waals surface area (Å²) in [6, 6.07) is 6.48. The highest BCUT2D eigenvalue weighted by Gasteiger charge is 2.30. The van der Waals surface area contributed by atoms with Crippen LogP contribution in [0.4, 0.5) is 0 Å². The van der Waals surface area contributed by atoms with Crippen LogP contribution in [0.25, 0.3) is 0 Å². The highest BCUT2D eigenvalue weighted by atomic mass is 32.2. The molecule has 6 nitrogen and oxygen atoms in total. The summed E-state index contributed by atoms with van der Waals surface area (Å²) in [6.07, 6.45) is 0.574. The highest BCUT2D eigenvalue weighted by Crippen LogP contribution is 2.17. The number of nitrogens with one attached hydrogen (secondary N) is 2. The van der Waals surface area contributed by atoms with Gasteiger partial charge in [-0.3, -0.25) is 9.59 Å². The molecule has 0 aliphatic carbocycles. The van der Waals surface area contributed by atoms with Crippen molar-refractivity contribution in [3.63, 3.8) is 0 Å². The predicted molar refractivity (Wildman–Crippen MR) is 97.0 cm³/mol. The standard InChI is InChI=1S/C18H26N2O4S/c1-12(2)16(20-17(21)15-6-4-13(3)5-7-15)18(22)19-10-14-8-9-25(23,24)11-14/h4-7,12,14,16H,8-11H2,1-3H3,(H,19,22)(H,20,21). The van der Waals surface area contributed by atoms with Crippen LogP contribution in [0.5, 0.6) is 0 Å². The second-order valence-electron chi connectivity index (χ2n) is 7.08. The first-order valence-electron chi connectivity index (χ1n) is 8.53. The van der Waals surface area contributed by atoms with Gasteiger partial charge in [-0.25, -0.2) is 8.42 Å². The summed E-state index contributed by atoms with van der Waals surface area (Å²) in [4.78, 5) is 24.8. The van der Waals surface area contributed by atoms with Gasteiger partial charge in [0.05, 0.1) is 11.5 Å². The lowest BCUT2D eigenvalue weighted by Crippen LogP contribution is -2.50. The van der Waals surface area contributed by atoms with Crippen molar-refractivity contribution < 1.29 is 18.0 Å². The van der Waals surface area contributed by atoms with Gasteiger partial charge in [-0.05, 0) is 37.3 Å². The molecule has 1 aliphatic heterocycles. The quantitative estimate of drug-likeness (QED) is 0.794. The Balaban J connectivity index is 1.94. The Bertz CT molecular complexity index is 726. The summed E-state index contributed by atoms with van der Waals surface area (Å²) in [5.41, 5.74) is 1.56. The molecule has 7 heteroatoms. The first-order valence-corrected chi connectivity index (χ1v) is 10.4. The Hall–Kier alpha value is -1.89. The molecule has 2 rings (SSSR count). The molecule has 1 fully saturated rings. The molecule has 1 heterocycles. The predicted octanol–water partition coefficient (Wildman–Crippen LogP) is 1.30. The van der Waals surface area contributed by atoms with Gasteiger partial charge < -0.3 is 10.6 Å². The summed E-state index contributed by atoms with van der Waals surface area (Å²) in [5, 5.41) is 5.57. The van der Waals surface area contributed by atoms with Crippen LogP contribution in [0.3, 0.4) is 0 Å². The van der Waals surface area contributed by atoms with Gasteiger partial charge in [0.15, 0.2) is 9.84 Å². The van der Waals surface area contributed by atoms with Crippen molar-refractivity contribution in [2.24, 2.45) is 11.8 Å². The fourth-order valence-corrected chi connectivity index (χ4v) is 4.71. The van der Waals surface area contributed by atoms with Crippen LogP contribution >= 0.6 is 0 Å². The molecular weight excluding hydrogens is 340 g/mol. The van der Waals surface area contributed by atoms with Gasteiger partial charge in [-0.15, -0.1) is 0 Å². The fourth-order valence-electron chi connectivity index (χ4n) is 2.85. The number of hydrogen-bond acceptors (Lipinski definition) is 4. The largest absolute Gasteiger partial charge is 0.354 e. The summed E-state index contributed by atoms with van der Waals surface area (Å²) >= 11 is 0. The minimum atomic E-state index is -2.96. The van der Waals surface area contributed by atoms with Gasteiger partial charge in [0.2, 0.25) is 5.91 Å². The van der Waals surface area contributed by atoms with E-state index in [2.05, 4.69) is 10.6 Å². The topological polar surface area (TPSA) is 92.3 Å². The molecule has 0 saturated carbocycles. The number of benzene rings is 1. The highest BCUT2D eigenvalue weighted by molar-refractivity contribution is 7.91. The van der Waals surface area contributed by atoms with Gasteiger partial charge in [0.1, 0.15) is 6.04 Å². The van der Waals surface area contributed by atoms with Crippen LogP contribution in [-0.4, -0.2) is 44.3 Å². The van der Waals surface area contributed by atoms with Crippen LogP contribution in [0.1, 0.15) is 36.2 Å². The molecule has 1 saturated heterocycles. The molecule has 1 aromatic carbocycles. The molecule has 0 aromatic heterocycles. The lowest BCUT2D eigenvalue weighted by Gasteiger charge is -2.22. The maximum atomic E-state index is 12.4. The van der Waals surface area contributed by atoms with E-state index in [4.69, 9.17) is 0 Å². The molecular formula is C18H26N2O4S. The van der Waals surface area contributed by atoms with E-state index in [1.165, 1.54) is 0 Å². The minimum absolute atomic E-state index is 0.0467. The summed E-state index contributed by atoms with van der Waals surface area (Å²) in [7, 11) is -2.96. The number of carbonyl (C=O) groups excluding carboxylic acids is 2. The van der Waals surface area contributed by atoms with E-state index in [9.17, 15) is 18.0 Å². The van der Waals surface area contributed by atoms with Gasteiger partial charge in [0, 0.05) is 12.1 Å². The molecule has 2 N–H and O–H groups in total. The number of hydrogen-bond donors (Lipinski definition) is 2. The van der Waals surface area contributed by atoms with Crippen molar-refractivity contribution in [1.29, 1.82) is 0 Å². The summed E-state index contributed by atoms with van der Waals surface area (Å²) < 4.78 is 23.0. The number of aryl methyl sites for hydroxylation is 1. The molecule has 138 valence electrons. The first-order chi connectivity index (χ1) is 11.7. The zero-order valence-electron chi connectivity index (χ0n) is 14.9. The van der Waals surface area contributed by atoms with E-state index in [1.807, 2.05) is 32.9 Å². The normalized spacial score (nSPS) is 20.2. The number of carbonyl (C=O) groups is 2. The van der Waals surface area contributed by atoms with Crippen molar-refractivity contribution >= 4 is 21.7 Å². The lowest BCUT2D eigenvalue weighted by atomic mass is 10.0. The third-order valence-electron chi connectivity index (χ3n) is 4.44. The van der Waals surface area contributed by atoms with Crippen molar-refractivity contribution in [3.8, 4) is 0 Å². The smallest absolute Gasteiger partial charge is 0.251 e. The second-order valence-corrected chi connectivity index (χ2v) is 9.30. The van der Waals surface area contributed by atoms with E-state index < -0.39 is 15.9 Å². The Labute approximate surface area is 149 Å². The third-order valence-corrected chi connectivity index (χ3v) is 6.28. The molecule has 2 atom stereocenters. The minimum Gasteiger partial charge on any atom is -0.354 e. The third kappa shape index (κ3) is 5.56. The molecule has 2 amide bonds. The summed E-state index contributed by atoms with van der Waals surface area (Å²) in [5.74, 6) is -0.394. The number of amides is 2. The van der Waals surface area contributed by atoms with E-state index in [0.29, 0.717) is 18.5 Å². The van der Waals surface area contributed by atoms with Crippen molar-refractivity contribution in [2.45, 2.75) is 33.2 Å². The molecule has 0 radical (unpaired) electrons. The fraction of sp³-hybridized carbons (Fsp3) is 0.556. The van der Waals surface area contributed by atoms with E-state index in [-0.39, 0.29) is 35.2 Å². The maximum Gasteiger partial charge on any atom is 0.251 e. The average molecular weight is 366 g/mol. The Morgan fingerprint density at radius 3 is 2.36 bits per heavy atom. The number of rotatable bonds is 6. The van der Waals surface area contributed by atoms with Crippen LogP contribution in [-0.2, 0) is 14.6 Å². The van der Waals surface area contributed by atoms with Gasteiger partial charge in [-0.2, -0.15) is 0 Å². The van der Waals surface area contributed by atoms with Gasteiger partial charge in [-0.1, -0.05) is 31.5 Å². The molecule has 1 aliphatic rings. The Morgan fingerprint density at radius 1 is 1.20 bits per heavy atom. The molecule has 0 bridgehead atoms. The molecule has 2 unspecified atom stereocenters.